The molecule has 2 unspecified atom stereocenters. The van der Waals surface area contributed by atoms with E-state index in [4.69, 9.17) is 13.8 Å². The molecule has 0 aromatic rings. The van der Waals surface area contributed by atoms with Crippen LogP contribution in [0, 0.1) is 0 Å². The quantitative estimate of drug-likeness (QED) is 0.0242. The summed E-state index contributed by atoms with van der Waals surface area (Å²) in [5, 5.41) is 12.7. The van der Waals surface area contributed by atoms with E-state index in [1.165, 1.54) is 128 Å². The van der Waals surface area contributed by atoms with Crippen LogP contribution in [0.15, 0.2) is 12.2 Å². The smallest absolute Gasteiger partial charge is 0.463 e. The molecule has 0 rings (SSSR count). The maximum absolute atomic E-state index is 12.1. The third kappa shape index (κ3) is 41.7. The average Bonchev–Trinajstić information content (AvgIpc) is 3.14. The van der Waals surface area contributed by atoms with Gasteiger partial charge in [-0.15, -0.1) is 0 Å². The number of esters is 1. The molecule has 0 bridgehead atoms. The van der Waals surface area contributed by atoms with Gasteiger partial charge in [0, 0.05) is 19.4 Å². The minimum Gasteiger partial charge on any atom is -0.463 e. The number of hydrogen-bond donors (Lipinski definition) is 3. The summed E-state index contributed by atoms with van der Waals surface area (Å²) in [5.41, 5.74) is 0. The lowest BCUT2D eigenvalue weighted by molar-refractivity contribution is -0.147. The number of hydrogen-bond acceptors (Lipinski definition) is 7. The first-order valence-electron chi connectivity index (χ1n) is 22.2. The number of aliphatic hydroxyl groups excluding tert-OH is 1. The topological polar surface area (TPSA) is 131 Å². The van der Waals surface area contributed by atoms with Crippen LogP contribution < -0.4 is 5.32 Å². The van der Waals surface area contributed by atoms with Crippen LogP contribution in [0.5, 0.6) is 0 Å². The first-order valence-corrected chi connectivity index (χ1v) is 23.7. The van der Waals surface area contributed by atoms with Gasteiger partial charge in [0.05, 0.1) is 13.2 Å². The van der Waals surface area contributed by atoms with Crippen LogP contribution in [0.2, 0.25) is 0 Å². The van der Waals surface area contributed by atoms with Crippen LogP contribution in [0.3, 0.4) is 0 Å². The SMILES string of the molecule is CCCC/C=C\CCCCCCCC(=O)OCC(O)COP(=O)(O)OCCNC(=O)CCCCCCCCCCCCCCCCCCCCCCC. The molecule has 0 saturated heterocycles. The molecule has 9 nitrogen and oxygen atoms in total. The Morgan fingerprint density at radius 1 is 0.566 bits per heavy atom. The van der Waals surface area contributed by atoms with E-state index >= 15 is 0 Å². The Morgan fingerprint density at radius 3 is 1.47 bits per heavy atom. The highest BCUT2D eigenvalue weighted by Crippen LogP contribution is 2.42. The van der Waals surface area contributed by atoms with E-state index in [2.05, 4.69) is 31.3 Å². The van der Waals surface area contributed by atoms with Crippen molar-refractivity contribution < 1.29 is 37.9 Å². The lowest BCUT2D eigenvalue weighted by atomic mass is 10.0. The number of aliphatic hydroxyl groups is 1. The lowest BCUT2D eigenvalue weighted by Gasteiger charge is -2.15. The second-order valence-electron chi connectivity index (χ2n) is 15.0. The summed E-state index contributed by atoms with van der Waals surface area (Å²) in [5.74, 6) is -0.518. The van der Waals surface area contributed by atoms with Gasteiger partial charge < -0.3 is 20.1 Å². The molecule has 10 heteroatoms. The van der Waals surface area contributed by atoms with Gasteiger partial charge in [0.25, 0.3) is 0 Å². The normalized spacial score (nSPS) is 13.4. The number of rotatable bonds is 42. The Balaban J connectivity index is 3.53. The van der Waals surface area contributed by atoms with Crippen LogP contribution in [0.25, 0.3) is 0 Å². The lowest BCUT2D eigenvalue weighted by Crippen LogP contribution is -2.27. The fourth-order valence-corrected chi connectivity index (χ4v) is 7.06. The highest BCUT2D eigenvalue weighted by Gasteiger charge is 2.23. The van der Waals surface area contributed by atoms with Gasteiger partial charge >= 0.3 is 13.8 Å². The van der Waals surface area contributed by atoms with E-state index in [0.29, 0.717) is 6.42 Å². The van der Waals surface area contributed by atoms with Crippen molar-refractivity contribution in [3.05, 3.63) is 12.2 Å². The zero-order valence-corrected chi connectivity index (χ0v) is 35.4. The predicted octanol–water partition coefficient (Wildman–Crippen LogP) is 12.2. The number of allylic oxidation sites excluding steroid dienone is 2. The molecular weight excluding hydrogens is 689 g/mol. The van der Waals surface area contributed by atoms with Gasteiger partial charge in [0.15, 0.2) is 0 Å². The van der Waals surface area contributed by atoms with E-state index in [1.54, 1.807) is 0 Å². The third-order valence-corrected chi connectivity index (χ3v) is 10.7. The van der Waals surface area contributed by atoms with Gasteiger partial charge in [-0.3, -0.25) is 18.6 Å². The fourth-order valence-electron chi connectivity index (χ4n) is 6.30. The molecule has 0 aliphatic carbocycles. The Bertz CT molecular complexity index is 886. The number of carbonyl (C=O) groups is 2. The van der Waals surface area contributed by atoms with Crippen molar-refractivity contribution in [2.24, 2.45) is 0 Å². The van der Waals surface area contributed by atoms with Crippen molar-refractivity contribution in [3.8, 4) is 0 Å². The van der Waals surface area contributed by atoms with Gasteiger partial charge in [-0.1, -0.05) is 187 Å². The molecule has 0 aromatic heterocycles. The first-order chi connectivity index (χ1) is 25.8. The van der Waals surface area contributed by atoms with Crippen molar-refractivity contribution in [3.63, 3.8) is 0 Å². The minimum atomic E-state index is -4.41. The molecule has 2 atom stereocenters. The van der Waals surface area contributed by atoms with E-state index in [-0.39, 0.29) is 32.1 Å². The molecule has 3 N–H and O–H groups in total. The Morgan fingerprint density at radius 2 is 0.981 bits per heavy atom. The maximum atomic E-state index is 12.1. The molecule has 53 heavy (non-hydrogen) atoms. The Hall–Kier alpha value is -1.25. The van der Waals surface area contributed by atoms with Crippen LogP contribution >= 0.6 is 7.82 Å². The molecule has 0 saturated carbocycles. The second kappa shape index (κ2) is 40.4. The number of nitrogens with one attached hydrogen (secondary N) is 1. The molecular formula is C43H84NO8P. The second-order valence-corrected chi connectivity index (χ2v) is 16.5. The molecule has 1 amide bonds. The van der Waals surface area contributed by atoms with Crippen LogP contribution in [0.1, 0.15) is 219 Å². The summed E-state index contributed by atoms with van der Waals surface area (Å²) in [6.07, 6.45) is 41.5. The molecule has 0 heterocycles. The number of phosphoric acid groups is 1. The number of ether oxygens (including phenoxy) is 1. The van der Waals surface area contributed by atoms with Crippen molar-refractivity contribution >= 4 is 19.7 Å². The Kier molecular flexibility index (Phi) is 39.5. The van der Waals surface area contributed by atoms with Gasteiger partial charge in [-0.05, 0) is 32.1 Å². The molecule has 314 valence electrons. The number of amides is 1. The van der Waals surface area contributed by atoms with Crippen molar-refractivity contribution in [2.75, 3.05) is 26.4 Å². The molecule has 0 aliphatic rings. The molecule has 0 aliphatic heterocycles. The summed E-state index contributed by atoms with van der Waals surface area (Å²) in [6, 6.07) is 0. The third-order valence-electron chi connectivity index (χ3n) is 9.70. The summed E-state index contributed by atoms with van der Waals surface area (Å²) in [6.45, 7) is 3.53. The van der Waals surface area contributed by atoms with Gasteiger partial charge in [-0.25, -0.2) is 4.57 Å². The summed E-state index contributed by atoms with van der Waals surface area (Å²) < 4.78 is 26.8. The van der Waals surface area contributed by atoms with Crippen molar-refractivity contribution in [1.29, 1.82) is 0 Å². The molecule has 0 spiro atoms. The highest BCUT2D eigenvalue weighted by molar-refractivity contribution is 7.47. The zero-order valence-electron chi connectivity index (χ0n) is 34.5. The number of phosphoric ester groups is 1. The Labute approximate surface area is 326 Å². The summed E-state index contributed by atoms with van der Waals surface area (Å²) >= 11 is 0. The van der Waals surface area contributed by atoms with Crippen LogP contribution in [-0.2, 0) is 27.9 Å². The number of unbranched alkanes of at least 4 members (excludes halogenated alkanes) is 27. The average molecular weight is 774 g/mol. The van der Waals surface area contributed by atoms with Crippen LogP contribution in [0.4, 0.5) is 0 Å². The molecule has 0 aromatic carbocycles. The van der Waals surface area contributed by atoms with Crippen molar-refractivity contribution in [1.82, 2.24) is 5.32 Å². The first kappa shape index (κ1) is 51.8. The largest absolute Gasteiger partial charge is 0.472 e. The van der Waals surface area contributed by atoms with Gasteiger partial charge in [0.2, 0.25) is 5.91 Å². The fraction of sp³-hybridized carbons (Fsp3) is 0.907. The van der Waals surface area contributed by atoms with E-state index in [0.717, 1.165) is 64.2 Å². The zero-order chi connectivity index (χ0) is 38.9. The van der Waals surface area contributed by atoms with E-state index < -0.39 is 26.5 Å². The minimum absolute atomic E-state index is 0.0856. The predicted molar refractivity (Wildman–Crippen MR) is 220 cm³/mol. The molecule has 0 radical (unpaired) electrons. The monoisotopic (exact) mass is 774 g/mol. The standard InChI is InChI=1S/C43H84NO8P/c1-3-5-7-9-11-13-15-16-17-18-19-20-21-22-23-24-26-27-29-31-33-35-42(46)44-37-38-51-53(48,49)52-40-41(45)39-50-43(47)36-34-32-30-28-25-14-12-10-8-6-4-2/h10,12,41,45H,3-9,11,13-40H2,1-2H3,(H,44,46)(H,48,49)/b12-10-. The van der Waals surface area contributed by atoms with Gasteiger partial charge in [0.1, 0.15) is 12.7 Å². The van der Waals surface area contributed by atoms with Gasteiger partial charge in [-0.2, -0.15) is 0 Å². The summed E-state index contributed by atoms with van der Waals surface area (Å²) in [4.78, 5) is 33.8. The number of carbonyl (C=O) groups excluding carboxylic acids is 2. The van der Waals surface area contributed by atoms with E-state index in [1.807, 2.05) is 0 Å². The maximum Gasteiger partial charge on any atom is 0.472 e. The van der Waals surface area contributed by atoms with E-state index in [9.17, 15) is 24.2 Å². The summed E-state index contributed by atoms with van der Waals surface area (Å²) in [7, 11) is -4.41. The molecule has 0 fully saturated rings. The van der Waals surface area contributed by atoms with Crippen molar-refractivity contribution in [2.45, 2.75) is 225 Å². The highest BCUT2D eigenvalue weighted by atomic mass is 31.2. The van der Waals surface area contributed by atoms with Crippen LogP contribution in [-0.4, -0.2) is 54.3 Å².